The number of nitro benzene ring substituents is 1. The Labute approximate surface area is 88.8 Å². The van der Waals surface area contributed by atoms with Crippen molar-refractivity contribution in [3.05, 3.63) is 33.9 Å². The molecule has 0 aliphatic heterocycles. The normalized spacial score (nSPS) is 10.2. The van der Waals surface area contributed by atoms with E-state index in [9.17, 15) is 23.7 Å². The fraction of sp³-hybridized carbons (Fsp3) is 0.222. The van der Waals surface area contributed by atoms with Gasteiger partial charge in [0, 0.05) is 6.07 Å². The SMILES string of the molecule is CC(=O)c1cccc([N+](=O)[O-])c1OC(F)F. The van der Waals surface area contributed by atoms with Crippen molar-refractivity contribution in [2.45, 2.75) is 13.5 Å². The predicted molar refractivity (Wildman–Crippen MR) is 49.7 cm³/mol. The molecule has 1 aromatic carbocycles. The number of Topliss-reactive ketones (excluding diaryl/α,β-unsaturated/α-hetero) is 1. The predicted octanol–water partition coefficient (Wildman–Crippen LogP) is 2.40. The molecule has 0 saturated heterocycles. The molecule has 0 aliphatic rings. The molecule has 0 radical (unpaired) electrons. The molecule has 1 rings (SSSR count). The molecule has 0 unspecified atom stereocenters. The van der Waals surface area contributed by atoms with Crippen LogP contribution in [0.1, 0.15) is 17.3 Å². The van der Waals surface area contributed by atoms with Crippen LogP contribution in [0.15, 0.2) is 18.2 Å². The van der Waals surface area contributed by atoms with Crippen molar-refractivity contribution in [3.63, 3.8) is 0 Å². The highest BCUT2D eigenvalue weighted by atomic mass is 19.3. The molecule has 0 N–H and O–H groups in total. The number of alkyl halides is 2. The molecule has 0 atom stereocenters. The second-order valence-corrected chi connectivity index (χ2v) is 2.85. The number of hydrogen-bond acceptors (Lipinski definition) is 4. The Morgan fingerprint density at radius 1 is 1.50 bits per heavy atom. The number of hydrogen-bond donors (Lipinski definition) is 0. The van der Waals surface area contributed by atoms with Crippen LogP contribution < -0.4 is 4.74 Å². The lowest BCUT2D eigenvalue weighted by atomic mass is 10.1. The Balaban J connectivity index is 3.34. The number of para-hydroxylation sites is 1. The summed E-state index contributed by atoms with van der Waals surface area (Å²) in [5, 5.41) is 10.5. The maximum atomic E-state index is 12.1. The standard InChI is InChI=1S/C9H7F2NO4/c1-5(13)6-3-2-4-7(12(14)15)8(6)16-9(10)11/h2-4,9H,1H3. The summed E-state index contributed by atoms with van der Waals surface area (Å²) in [5.41, 5.74) is -0.900. The van der Waals surface area contributed by atoms with Crippen LogP contribution in [0, 0.1) is 10.1 Å². The summed E-state index contributed by atoms with van der Waals surface area (Å²) in [7, 11) is 0. The fourth-order valence-corrected chi connectivity index (χ4v) is 1.16. The van der Waals surface area contributed by atoms with E-state index in [4.69, 9.17) is 0 Å². The van der Waals surface area contributed by atoms with E-state index < -0.39 is 28.8 Å². The highest BCUT2D eigenvalue weighted by molar-refractivity contribution is 5.98. The summed E-state index contributed by atoms with van der Waals surface area (Å²) in [6.07, 6.45) is 0. The van der Waals surface area contributed by atoms with Gasteiger partial charge in [0.05, 0.1) is 10.5 Å². The smallest absolute Gasteiger partial charge is 0.387 e. The van der Waals surface area contributed by atoms with Crippen LogP contribution in [-0.2, 0) is 0 Å². The average molecular weight is 231 g/mol. The van der Waals surface area contributed by atoms with Crippen molar-refractivity contribution in [2.24, 2.45) is 0 Å². The van der Waals surface area contributed by atoms with E-state index in [1.807, 2.05) is 0 Å². The molecule has 7 heteroatoms. The lowest BCUT2D eigenvalue weighted by Gasteiger charge is -2.08. The molecule has 0 saturated carbocycles. The minimum absolute atomic E-state index is 0.241. The lowest BCUT2D eigenvalue weighted by molar-refractivity contribution is -0.386. The van der Waals surface area contributed by atoms with Crippen LogP contribution in [-0.4, -0.2) is 17.3 Å². The van der Waals surface area contributed by atoms with Gasteiger partial charge >= 0.3 is 12.3 Å². The molecule has 5 nitrogen and oxygen atoms in total. The Kier molecular flexibility index (Phi) is 3.49. The van der Waals surface area contributed by atoms with Gasteiger partial charge in [-0.25, -0.2) is 0 Å². The van der Waals surface area contributed by atoms with Crippen LogP contribution in [0.2, 0.25) is 0 Å². The largest absolute Gasteiger partial charge is 0.427 e. The van der Waals surface area contributed by atoms with E-state index in [2.05, 4.69) is 4.74 Å². The summed E-state index contributed by atoms with van der Waals surface area (Å²) in [5.74, 6) is -1.28. The Morgan fingerprint density at radius 3 is 2.56 bits per heavy atom. The number of ether oxygens (including phenoxy) is 1. The van der Waals surface area contributed by atoms with Gasteiger partial charge in [0.25, 0.3) is 0 Å². The number of rotatable bonds is 4. The van der Waals surface area contributed by atoms with Gasteiger partial charge in [-0.3, -0.25) is 14.9 Å². The first kappa shape index (κ1) is 12.0. The minimum atomic E-state index is -3.22. The number of carbonyl (C=O) groups excluding carboxylic acids is 1. The van der Waals surface area contributed by atoms with Crippen molar-refractivity contribution < 1.29 is 23.2 Å². The van der Waals surface area contributed by atoms with Gasteiger partial charge in [-0.05, 0) is 13.0 Å². The van der Waals surface area contributed by atoms with Crippen molar-refractivity contribution in [1.29, 1.82) is 0 Å². The van der Waals surface area contributed by atoms with Crippen molar-refractivity contribution >= 4 is 11.5 Å². The zero-order chi connectivity index (χ0) is 12.3. The molecule has 0 bridgehead atoms. The van der Waals surface area contributed by atoms with E-state index in [1.165, 1.54) is 12.1 Å². The third-order valence-electron chi connectivity index (χ3n) is 1.78. The summed E-state index contributed by atoms with van der Waals surface area (Å²) < 4.78 is 28.1. The second-order valence-electron chi connectivity index (χ2n) is 2.85. The van der Waals surface area contributed by atoms with E-state index in [1.54, 1.807) is 0 Å². The number of benzene rings is 1. The zero-order valence-electron chi connectivity index (χ0n) is 8.15. The van der Waals surface area contributed by atoms with E-state index in [0.29, 0.717) is 0 Å². The maximum absolute atomic E-state index is 12.1. The molecule has 0 aliphatic carbocycles. The average Bonchev–Trinajstić information content (AvgIpc) is 2.16. The summed E-state index contributed by atoms with van der Waals surface area (Å²) in [6.45, 7) is -2.11. The first-order valence-electron chi connectivity index (χ1n) is 4.16. The monoisotopic (exact) mass is 231 g/mol. The number of halogens is 2. The Hall–Kier alpha value is -2.05. The number of nitro groups is 1. The maximum Gasteiger partial charge on any atom is 0.387 e. The minimum Gasteiger partial charge on any atom is -0.427 e. The summed E-state index contributed by atoms with van der Waals surface area (Å²) in [6, 6.07) is 3.41. The topological polar surface area (TPSA) is 69.4 Å². The molecule has 0 spiro atoms. The fourth-order valence-electron chi connectivity index (χ4n) is 1.16. The van der Waals surface area contributed by atoms with Crippen molar-refractivity contribution in [1.82, 2.24) is 0 Å². The molecular weight excluding hydrogens is 224 g/mol. The lowest BCUT2D eigenvalue weighted by Crippen LogP contribution is -2.08. The van der Waals surface area contributed by atoms with Gasteiger partial charge in [0.15, 0.2) is 5.78 Å². The number of nitrogens with zero attached hydrogens (tertiary/aromatic N) is 1. The van der Waals surface area contributed by atoms with Crippen molar-refractivity contribution in [3.8, 4) is 5.75 Å². The quantitative estimate of drug-likeness (QED) is 0.453. The zero-order valence-corrected chi connectivity index (χ0v) is 8.15. The van der Waals surface area contributed by atoms with Gasteiger partial charge in [0.2, 0.25) is 5.75 Å². The first-order valence-corrected chi connectivity index (χ1v) is 4.16. The van der Waals surface area contributed by atoms with Gasteiger partial charge in [0.1, 0.15) is 0 Å². The second kappa shape index (κ2) is 4.65. The third kappa shape index (κ3) is 2.50. The summed E-state index contributed by atoms with van der Waals surface area (Å²) >= 11 is 0. The Morgan fingerprint density at radius 2 is 2.12 bits per heavy atom. The van der Waals surface area contributed by atoms with Gasteiger partial charge < -0.3 is 4.74 Å². The molecule has 0 amide bonds. The summed E-state index contributed by atoms with van der Waals surface area (Å²) in [4.78, 5) is 20.7. The number of ketones is 1. The highest BCUT2D eigenvalue weighted by Crippen LogP contribution is 2.32. The van der Waals surface area contributed by atoms with E-state index in [0.717, 1.165) is 13.0 Å². The van der Waals surface area contributed by atoms with E-state index >= 15 is 0 Å². The highest BCUT2D eigenvalue weighted by Gasteiger charge is 2.23. The van der Waals surface area contributed by atoms with Crippen LogP contribution in [0.25, 0.3) is 0 Å². The molecule has 0 aromatic heterocycles. The van der Waals surface area contributed by atoms with E-state index in [-0.39, 0.29) is 5.56 Å². The van der Waals surface area contributed by atoms with Gasteiger partial charge in [-0.1, -0.05) is 6.07 Å². The third-order valence-corrected chi connectivity index (χ3v) is 1.78. The molecule has 16 heavy (non-hydrogen) atoms. The van der Waals surface area contributed by atoms with Gasteiger partial charge in [-0.15, -0.1) is 0 Å². The van der Waals surface area contributed by atoms with Crippen LogP contribution in [0.4, 0.5) is 14.5 Å². The van der Waals surface area contributed by atoms with Crippen molar-refractivity contribution in [2.75, 3.05) is 0 Å². The molecule has 1 aromatic rings. The number of carbonyl (C=O) groups is 1. The van der Waals surface area contributed by atoms with Crippen LogP contribution in [0.5, 0.6) is 5.75 Å². The van der Waals surface area contributed by atoms with Gasteiger partial charge in [-0.2, -0.15) is 8.78 Å². The first-order chi connectivity index (χ1) is 7.43. The Bertz CT molecular complexity index is 401. The molecule has 0 fully saturated rings. The van der Waals surface area contributed by atoms with Crippen LogP contribution in [0.3, 0.4) is 0 Å². The molecule has 86 valence electrons. The molecule has 0 heterocycles. The molecular formula is C9H7F2NO4. The van der Waals surface area contributed by atoms with Crippen LogP contribution >= 0.6 is 0 Å².